The molecule has 0 aromatic heterocycles. The lowest BCUT2D eigenvalue weighted by molar-refractivity contribution is -0.882. The minimum atomic E-state index is -0.0220. The average molecular weight is 369 g/mol. The Balaban J connectivity index is 1.77. The lowest BCUT2D eigenvalue weighted by Gasteiger charge is -2.29. The molecule has 0 saturated heterocycles. The highest BCUT2D eigenvalue weighted by atomic mass is 16.2. The van der Waals surface area contributed by atoms with Gasteiger partial charge in [0.2, 0.25) is 5.91 Å². The van der Waals surface area contributed by atoms with Crippen LogP contribution in [0.3, 0.4) is 0 Å². The van der Waals surface area contributed by atoms with E-state index in [0.29, 0.717) is 17.4 Å². The first-order valence-electron chi connectivity index (χ1n) is 9.30. The van der Waals surface area contributed by atoms with Crippen LogP contribution in [0.1, 0.15) is 24.0 Å². The van der Waals surface area contributed by atoms with Crippen molar-refractivity contribution in [2.75, 3.05) is 37.8 Å². The molecule has 0 aliphatic heterocycles. The number of aryl methyl sites for hydroxylation is 2. The summed E-state index contributed by atoms with van der Waals surface area (Å²) in [5.74, 6) is -0.00711. The summed E-state index contributed by atoms with van der Waals surface area (Å²) in [7, 11) is 4.02. The predicted octanol–water partition coefficient (Wildman–Crippen LogP) is 3.74. The minimum Gasteiger partial charge on any atom is -0.326 e. The molecule has 0 heterocycles. The van der Waals surface area contributed by atoms with Gasteiger partial charge in [0, 0.05) is 24.2 Å². The summed E-state index contributed by atoms with van der Waals surface area (Å²) in [6.07, 6.45) is 1.16. The lowest BCUT2D eigenvalue weighted by atomic mass is 10.1. The van der Waals surface area contributed by atoms with Crippen molar-refractivity contribution < 1.29 is 14.1 Å². The fraction of sp³-hybridized carbons (Fsp3) is 0.364. The topological polar surface area (TPSA) is 58.2 Å². The Kier molecular flexibility index (Phi) is 7.13. The normalized spacial score (nSPS) is 11.1. The highest BCUT2D eigenvalue weighted by molar-refractivity contribution is 5.92. The van der Waals surface area contributed by atoms with Crippen molar-refractivity contribution in [1.29, 1.82) is 0 Å². The maximum atomic E-state index is 12.3. The molecule has 144 valence electrons. The zero-order valence-corrected chi connectivity index (χ0v) is 16.7. The smallest absolute Gasteiger partial charge is 0.279 e. The Hall–Kier alpha value is -2.66. The number of benzene rings is 2. The monoisotopic (exact) mass is 368 g/mol. The Morgan fingerprint density at radius 1 is 0.852 bits per heavy atom. The zero-order chi connectivity index (χ0) is 19.9. The molecule has 2 N–H and O–H groups in total. The molecule has 0 bridgehead atoms. The number of amides is 2. The number of anilines is 2. The second-order valence-corrected chi connectivity index (χ2v) is 7.65. The molecular weight excluding hydrogens is 338 g/mol. The number of rotatable bonds is 8. The maximum Gasteiger partial charge on any atom is 0.279 e. The molecule has 27 heavy (non-hydrogen) atoms. The third kappa shape index (κ3) is 6.87. The quantitative estimate of drug-likeness (QED) is 0.698. The molecule has 2 rings (SSSR count). The second kappa shape index (κ2) is 9.33. The molecule has 0 unspecified atom stereocenters. The van der Waals surface area contributed by atoms with E-state index in [0.717, 1.165) is 35.5 Å². The van der Waals surface area contributed by atoms with Crippen molar-refractivity contribution in [3.63, 3.8) is 0 Å². The van der Waals surface area contributed by atoms with Crippen LogP contribution in [0.15, 0.2) is 48.5 Å². The van der Waals surface area contributed by atoms with E-state index in [-0.39, 0.29) is 11.8 Å². The SMILES string of the molecule is Cc1cccc(C)c1NC(=O)CCC[N+](C)(C)CC(=O)Nc1ccccc1. The zero-order valence-electron chi connectivity index (χ0n) is 16.7. The van der Waals surface area contributed by atoms with Crippen LogP contribution in [0.5, 0.6) is 0 Å². The summed E-state index contributed by atoms with van der Waals surface area (Å²) >= 11 is 0. The van der Waals surface area contributed by atoms with E-state index in [9.17, 15) is 9.59 Å². The van der Waals surface area contributed by atoms with Gasteiger partial charge in [0.25, 0.3) is 5.91 Å². The molecule has 2 aromatic carbocycles. The van der Waals surface area contributed by atoms with Gasteiger partial charge < -0.3 is 15.1 Å². The highest BCUT2D eigenvalue weighted by Crippen LogP contribution is 2.19. The van der Waals surface area contributed by atoms with Gasteiger partial charge >= 0.3 is 0 Å². The van der Waals surface area contributed by atoms with Crippen LogP contribution in [0.25, 0.3) is 0 Å². The largest absolute Gasteiger partial charge is 0.326 e. The number of para-hydroxylation sites is 2. The van der Waals surface area contributed by atoms with E-state index in [1.165, 1.54) is 0 Å². The summed E-state index contributed by atoms with van der Waals surface area (Å²) < 4.78 is 0.537. The number of carbonyl (C=O) groups is 2. The van der Waals surface area contributed by atoms with Crippen LogP contribution in [0.2, 0.25) is 0 Å². The minimum absolute atomic E-state index is 0.0149. The fourth-order valence-corrected chi connectivity index (χ4v) is 3.07. The standard InChI is InChI=1S/C22H29N3O2/c1-17-10-8-11-18(2)22(17)24-20(26)14-9-15-25(3,4)16-21(27)23-19-12-6-5-7-13-19/h5-8,10-13H,9,14-16H2,1-4H3,(H-,23,24,26,27)/p+1. The summed E-state index contributed by atoms with van der Waals surface area (Å²) in [5.41, 5.74) is 3.84. The Morgan fingerprint density at radius 3 is 2.11 bits per heavy atom. The Bertz CT molecular complexity index is 765. The molecule has 0 aliphatic rings. The number of nitrogens with one attached hydrogen (secondary N) is 2. The average Bonchev–Trinajstić information content (AvgIpc) is 2.58. The summed E-state index contributed by atoms with van der Waals surface area (Å²) in [6.45, 7) is 5.11. The van der Waals surface area contributed by atoms with E-state index in [1.807, 2.05) is 76.5 Å². The molecule has 5 heteroatoms. The molecule has 0 fully saturated rings. The van der Waals surface area contributed by atoms with Crippen molar-refractivity contribution in [2.24, 2.45) is 0 Å². The van der Waals surface area contributed by atoms with E-state index in [2.05, 4.69) is 10.6 Å². The van der Waals surface area contributed by atoms with Crippen LogP contribution in [0, 0.1) is 13.8 Å². The van der Waals surface area contributed by atoms with E-state index in [1.54, 1.807) is 0 Å². The third-order valence-corrected chi connectivity index (χ3v) is 4.54. The van der Waals surface area contributed by atoms with Crippen molar-refractivity contribution in [2.45, 2.75) is 26.7 Å². The van der Waals surface area contributed by atoms with Gasteiger partial charge in [0.1, 0.15) is 0 Å². The molecule has 0 saturated carbocycles. The Labute approximate surface area is 162 Å². The molecule has 0 atom stereocenters. The Morgan fingerprint density at radius 2 is 1.48 bits per heavy atom. The van der Waals surface area contributed by atoms with Gasteiger partial charge in [-0.3, -0.25) is 9.59 Å². The first-order chi connectivity index (χ1) is 12.8. The van der Waals surface area contributed by atoms with Gasteiger partial charge in [-0.1, -0.05) is 36.4 Å². The molecule has 0 radical (unpaired) electrons. The van der Waals surface area contributed by atoms with Gasteiger partial charge in [-0.2, -0.15) is 0 Å². The van der Waals surface area contributed by atoms with Gasteiger partial charge in [-0.15, -0.1) is 0 Å². The van der Waals surface area contributed by atoms with E-state index >= 15 is 0 Å². The van der Waals surface area contributed by atoms with Crippen molar-refractivity contribution in [3.8, 4) is 0 Å². The van der Waals surface area contributed by atoms with E-state index < -0.39 is 0 Å². The van der Waals surface area contributed by atoms with Crippen LogP contribution in [0.4, 0.5) is 11.4 Å². The lowest BCUT2D eigenvalue weighted by Crippen LogP contribution is -2.46. The van der Waals surface area contributed by atoms with Crippen LogP contribution in [-0.2, 0) is 9.59 Å². The highest BCUT2D eigenvalue weighted by Gasteiger charge is 2.20. The van der Waals surface area contributed by atoms with Gasteiger partial charge in [0.05, 0.1) is 20.6 Å². The number of hydrogen-bond donors (Lipinski definition) is 2. The molecule has 2 amide bonds. The van der Waals surface area contributed by atoms with E-state index in [4.69, 9.17) is 0 Å². The van der Waals surface area contributed by atoms with Crippen molar-refractivity contribution in [1.82, 2.24) is 0 Å². The molecule has 2 aromatic rings. The van der Waals surface area contributed by atoms with Crippen LogP contribution >= 0.6 is 0 Å². The van der Waals surface area contributed by atoms with Crippen molar-refractivity contribution >= 4 is 23.2 Å². The number of quaternary nitrogens is 1. The number of likely N-dealkylation sites (N-methyl/N-ethyl adjacent to an activating group) is 1. The first-order valence-corrected chi connectivity index (χ1v) is 9.30. The summed E-state index contributed by atoms with van der Waals surface area (Å²) in [4.78, 5) is 24.5. The molecule has 0 aliphatic carbocycles. The summed E-state index contributed by atoms with van der Waals surface area (Å²) in [5, 5.41) is 5.92. The number of hydrogen-bond acceptors (Lipinski definition) is 2. The maximum absolute atomic E-state index is 12.3. The molecular formula is C22H30N3O2+. The van der Waals surface area contributed by atoms with Gasteiger partial charge in [-0.25, -0.2) is 0 Å². The third-order valence-electron chi connectivity index (χ3n) is 4.54. The number of carbonyl (C=O) groups excluding carboxylic acids is 2. The second-order valence-electron chi connectivity index (χ2n) is 7.65. The predicted molar refractivity (Wildman–Crippen MR) is 111 cm³/mol. The van der Waals surface area contributed by atoms with Gasteiger partial charge in [-0.05, 0) is 37.1 Å². The summed E-state index contributed by atoms with van der Waals surface area (Å²) in [6, 6.07) is 15.4. The van der Waals surface area contributed by atoms with Crippen molar-refractivity contribution in [3.05, 3.63) is 59.7 Å². The number of nitrogens with zero attached hydrogens (tertiary/aromatic N) is 1. The molecule has 5 nitrogen and oxygen atoms in total. The van der Waals surface area contributed by atoms with Gasteiger partial charge in [0.15, 0.2) is 6.54 Å². The first kappa shape index (κ1) is 20.6. The van der Waals surface area contributed by atoms with Crippen LogP contribution < -0.4 is 10.6 Å². The molecule has 0 spiro atoms. The fourth-order valence-electron chi connectivity index (χ4n) is 3.07. The van der Waals surface area contributed by atoms with Crippen LogP contribution in [-0.4, -0.2) is 43.5 Å².